The van der Waals surface area contributed by atoms with Crippen molar-refractivity contribution < 1.29 is 9.47 Å². The van der Waals surface area contributed by atoms with Crippen molar-refractivity contribution in [2.75, 3.05) is 14.2 Å². The summed E-state index contributed by atoms with van der Waals surface area (Å²) in [6.45, 7) is 4.24. The van der Waals surface area contributed by atoms with Gasteiger partial charge in [-0.05, 0) is 44.4 Å². The summed E-state index contributed by atoms with van der Waals surface area (Å²) in [5.41, 5.74) is 2.63. The topological polar surface area (TPSA) is 18.5 Å². The van der Waals surface area contributed by atoms with Gasteiger partial charge in [0.25, 0.3) is 0 Å². The molecule has 0 aliphatic carbocycles. The van der Waals surface area contributed by atoms with Gasteiger partial charge in [0.15, 0.2) is 11.5 Å². The van der Waals surface area contributed by atoms with Crippen molar-refractivity contribution >= 4 is 0 Å². The molecule has 1 aromatic carbocycles. The molecular formula is C14H20O2. The van der Waals surface area contributed by atoms with Crippen LogP contribution in [0.25, 0.3) is 0 Å². The lowest BCUT2D eigenvalue weighted by atomic mass is 10.1. The minimum atomic E-state index is 0.786. The molecule has 0 spiro atoms. The molecule has 2 heteroatoms. The van der Waals surface area contributed by atoms with Crippen molar-refractivity contribution in [3.05, 3.63) is 35.4 Å². The Balaban J connectivity index is 2.71. The fourth-order valence-electron chi connectivity index (χ4n) is 1.56. The number of rotatable bonds is 5. The molecule has 88 valence electrons. The second-order valence-electron chi connectivity index (χ2n) is 4.01. The Morgan fingerprint density at radius 2 is 1.81 bits per heavy atom. The molecule has 0 radical (unpaired) electrons. The van der Waals surface area contributed by atoms with Crippen LogP contribution in [0.4, 0.5) is 0 Å². The summed E-state index contributed by atoms with van der Waals surface area (Å²) in [7, 11) is 3.32. The van der Waals surface area contributed by atoms with Gasteiger partial charge in [-0.2, -0.15) is 0 Å². The van der Waals surface area contributed by atoms with E-state index in [1.54, 1.807) is 14.2 Å². The molecule has 16 heavy (non-hydrogen) atoms. The lowest BCUT2D eigenvalue weighted by Crippen LogP contribution is -1.92. The Bertz CT molecular complexity index is 363. The molecule has 0 bridgehead atoms. The van der Waals surface area contributed by atoms with Crippen molar-refractivity contribution in [1.82, 2.24) is 0 Å². The first-order valence-electron chi connectivity index (χ1n) is 5.51. The highest BCUT2D eigenvalue weighted by Gasteiger charge is 2.03. The SMILES string of the molecule is COc1ccc(CCC=C(C)C)cc1OC. The van der Waals surface area contributed by atoms with E-state index < -0.39 is 0 Å². The van der Waals surface area contributed by atoms with Gasteiger partial charge in [0.05, 0.1) is 14.2 Å². The lowest BCUT2D eigenvalue weighted by molar-refractivity contribution is 0.354. The smallest absolute Gasteiger partial charge is 0.160 e. The fraction of sp³-hybridized carbons (Fsp3) is 0.429. The highest BCUT2D eigenvalue weighted by molar-refractivity contribution is 5.42. The monoisotopic (exact) mass is 220 g/mol. The first-order valence-corrected chi connectivity index (χ1v) is 5.51. The van der Waals surface area contributed by atoms with Gasteiger partial charge in [0.2, 0.25) is 0 Å². The van der Waals surface area contributed by atoms with E-state index in [4.69, 9.17) is 9.47 Å². The van der Waals surface area contributed by atoms with Crippen LogP contribution in [0.3, 0.4) is 0 Å². The largest absolute Gasteiger partial charge is 0.493 e. The zero-order valence-electron chi connectivity index (χ0n) is 10.5. The molecule has 1 aromatic rings. The van der Waals surface area contributed by atoms with Crippen molar-refractivity contribution in [3.8, 4) is 11.5 Å². The number of hydrogen-bond acceptors (Lipinski definition) is 2. The van der Waals surface area contributed by atoms with Crippen molar-refractivity contribution in [3.63, 3.8) is 0 Å². The van der Waals surface area contributed by atoms with Crippen LogP contribution in [0.15, 0.2) is 29.8 Å². The summed E-state index contributed by atoms with van der Waals surface area (Å²) in [6.07, 6.45) is 4.35. The van der Waals surface area contributed by atoms with Gasteiger partial charge >= 0.3 is 0 Å². The van der Waals surface area contributed by atoms with Crippen LogP contribution >= 0.6 is 0 Å². The summed E-state index contributed by atoms with van der Waals surface area (Å²) in [6, 6.07) is 6.08. The highest BCUT2D eigenvalue weighted by Crippen LogP contribution is 2.27. The Morgan fingerprint density at radius 1 is 1.12 bits per heavy atom. The van der Waals surface area contributed by atoms with E-state index in [0.717, 1.165) is 24.3 Å². The Kier molecular flexibility index (Phi) is 4.90. The summed E-state index contributed by atoms with van der Waals surface area (Å²) in [5.74, 6) is 1.59. The summed E-state index contributed by atoms with van der Waals surface area (Å²) >= 11 is 0. The van der Waals surface area contributed by atoms with E-state index in [2.05, 4.69) is 26.0 Å². The standard InChI is InChI=1S/C14H20O2/c1-11(2)6-5-7-12-8-9-13(15-3)14(10-12)16-4/h6,8-10H,5,7H2,1-4H3. The summed E-state index contributed by atoms with van der Waals surface area (Å²) in [4.78, 5) is 0. The van der Waals surface area contributed by atoms with Crippen LogP contribution in [0.1, 0.15) is 25.8 Å². The Morgan fingerprint density at radius 3 is 2.38 bits per heavy atom. The van der Waals surface area contributed by atoms with Crippen molar-refractivity contribution in [2.24, 2.45) is 0 Å². The van der Waals surface area contributed by atoms with E-state index in [1.807, 2.05) is 12.1 Å². The number of methoxy groups -OCH3 is 2. The number of ether oxygens (including phenoxy) is 2. The van der Waals surface area contributed by atoms with Crippen LogP contribution in [0, 0.1) is 0 Å². The molecule has 0 amide bonds. The minimum absolute atomic E-state index is 0.786. The molecule has 0 fully saturated rings. The van der Waals surface area contributed by atoms with Gasteiger partial charge in [-0.1, -0.05) is 17.7 Å². The molecule has 0 atom stereocenters. The van der Waals surface area contributed by atoms with Crippen molar-refractivity contribution in [2.45, 2.75) is 26.7 Å². The molecular weight excluding hydrogens is 200 g/mol. The van der Waals surface area contributed by atoms with E-state index in [0.29, 0.717) is 0 Å². The highest BCUT2D eigenvalue weighted by atomic mass is 16.5. The molecule has 0 saturated carbocycles. The van der Waals surface area contributed by atoms with E-state index >= 15 is 0 Å². The normalized spacial score (nSPS) is 9.75. The number of hydrogen-bond donors (Lipinski definition) is 0. The number of allylic oxidation sites excluding steroid dienone is 2. The quantitative estimate of drug-likeness (QED) is 0.706. The summed E-state index contributed by atoms with van der Waals surface area (Å²) in [5, 5.41) is 0. The summed E-state index contributed by atoms with van der Waals surface area (Å²) < 4.78 is 10.5. The lowest BCUT2D eigenvalue weighted by Gasteiger charge is -2.08. The number of benzene rings is 1. The minimum Gasteiger partial charge on any atom is -0.493 e. The van der Waals surface area contributed by atoms with Gasteiger partial charge in [0.1, 0.15) is 0 Å². The van der Waals surface area contributed by atoms with Gasteiger partial charge < -0.3 is 9.47 Å². The molecule has 0 aliphatic heterocycles. The van der Waals surface area contributed by atoms with E-state index in [9.17, 15) is 0 Å². The van der Waals surface area contributed by atoms with E-state index in [1.165, 1.54) is 11.1 Å². The fourth-order valence-corrected chi connectivity index (χ4v) is 1.56. The van der Waals surface area contributed by atoms with Crippen molar-refractivity contribution in [1.29, 1.82) is 0 Å². The second kappa shape index (κ2) is 6.21. The van der Waals surface area contributed by atoms with Gasteiger partial charge in [0, 0.05) is 0 Å². The zero-order chi connectivity index (χ0) is 12.0. The maximum absolute atomic E-state index is 5.26. The molecule has 0 N–H and O–H groups in total. The first-order chi connectivity index (χ1) is 7.67. The third-order valence-corrected chi connectivity index (χ3v) is 2.43. The molecule has 0 aromatic heterocycles. The third-order valence-electron chi connectivity index (χ3n) is 2.43. The molecule has 0 aliphatic rings. The number of aryl methyl sites for hydroxylation is 1. The molecule has 0 saturated heterocycles. The molecule has 1 rings (SSSR count). The van der Waals surface area contributed by atoms with Gasteiger partial charge in [-0.25, -0.2) is 0 Å². The first kappa shape index (κ1) is 12.6. The average Bonchev–Trinajstić information content (AvgIpc) is 2.28. The van der Waals surface area contributed by atoms with Crippen LogP contribution in [0.2, 0.25) is 0 Å². The van der Waals surface area contributed by atoms with Crippen LogP contribution in [-0.2, 0) is 6.42 Å². The van der Waals surface area contributed by atoms with Gasteiger partial charge in [-0.15, -0.1) is 0 Å². The zero-order valence-corrected chi connectivity index (χ0v) is 10.5. The second-order valence-corrected chi connectivity index (χ2v) is 4.01. The third kappa shape index (κ3) is 3.61. The molecule has 0 unspecified atom stereocenters. The van der Waals surface area contributed by atoms with Crippen LogP contribution in [0.5, 0.6) is 11.5 Å². The van der Waals surface area contributed by atoms with E-state index in [-0.39, 0.29) is 0 Å². The molecule has 2 nitrogen and oxygen atoms in total. The predicted octanol–water partition coefficient (Wildman–Crippen LogP) is 3.60. The Hall–Kier alpha value is -1.44. The Labute approximate surface area is 97.9 Å². The van der Waals surface area contributed by atoms with Crippen LogP contribution < -0.4 is 9.47 Å². The van der Waals surface area contributed by atoms with Gasteiger partial charge in [-0.3, -0.25) is 0 Å². The predicted molar refractivity (Wildman–Crippen MR) is 67.3 cm³/mol. The maximum Gasteiger partial charge on any atom is 0.160 e. The molecule has 0 heterocycles. The van der Waals surface area contributed by atoms with Crippen LogP contribution in [-0.4, -0.2) is 14.2 Å². The average molecular weight is 220 g/mol. The maximum atomic E-state index is 5.26.